The average Bonchev–Trinajstić information content (AvgIpc) is 3.25. The van der Waals surface area contributed by atoms with Gasteiger partial charge in [0.15, 0.2) is 0 Å². The second-order valence-corrected chi connectivity index (χ2v) is 11.0. The Hall–Kier alpha value is -2.34. The summed E-state index contributed by atoms with van der Waals surface area (Å²) in [6, 6.07) is 10.7. The number of hydrogen-bond donors (Lipinski definition) is 1. The number of aryl methyl sites for hydroxylation is 1. The fourth-order valence-electron chi connectivity index (χ4n) is 6.37. The lowest BCUT2D eigenvalue weighted by Crippen LogP contribution is -2.54. The van der Waals surface area contributed by atoms with Gasteiger partial charge in [-0.25, -0.2) is 4.79 Å². The van der Waals surface area contributed by atoms with Crippen molar-refractivity contribution in [3.63, 3.8) is 0 Å². The van der Waals surface area contributed by atoms with Crippen LogP contribution in [0.3, 0.4) is 0 Å². The summed E-state index contributed by atoms with van der Waals surface area (Å²) in [5, 5.41) is 7.82. The van der Waals surface area contributed by atoms with Crippen molar-refractivity contribution >= 4 is 11.8 Å². The third-order valence-electron chi connectivity index (χ3n) is 8.45. The number of aromatic nitrogens is 2. The van der Waals surface area contributed by atoms with Gasteiger partial charge in [0.1, 0.15) is 6.61 Å². The molecule has 1 saturated carbocycles. The van der Waals surface area contributed by atoms with Crippen LogP contribution < -0.4 is 5.32 Å². The second kappa shape index (κ2) is 10.1. The number of nitrogens with zero attached hydrogens (tertiary/aromatic N) is 3. The molecule has 3 saturated heterocycles. The molecule has 34 heavy (non-hydrogen) atoms. The van der Waals surface area contributed by atoms with E-state index in [1.54, 1.807) is 0 Å². The first-order chi connectivity index (χ1) is 16.5. The molecule has 2 bridgehead atoms. The molecular formula is C28H40N4O2. The number of hydrogen-bond acceptors (Lipinski definition) is 4. The largest absolute Gasteiger partial charge is 0.448 e. The molecule has 6 rings (SSSR count). The minimum absolute atomic E-state index is 0.315. The lowest BCUT2D eigenvalue weighted by Gasteiger charge is -2.49. The van der Waals surface area contributed by atoms with E-state index >= 15 is 0 Å². The van der Waals surface area contributed by atoms with Crippen LogP contribution in [0.5, 0.6) is 0 Å². The second-order valence-electron chi connectivity index (χ2n) is 11.0. The molecule has 4 fully saturated rings. The van der Waals surface area contributed by atoms with Gasteiger partial charge in [-0.2, -0.15) is 5.10 Å². The highest BCUT2D eigenvalue weighted by Crippen LogP contribution is 2.43. The van der Waals surface area contributed by atoms with Gasteiger partial charge in [-0.05, 0) is 67.8 Å². The van der Waals surface area contributed by atoms with E-state index in [0.717, 1.165) is 25.2 Å². The van der Waals surface area contributed by atoms with Crippen LogP contribution >= 0.6 is 0 Å². The van der Waals surface area contributed by atoms with Crippen LogP contribution in [0.2, 0.25) is 0 Å². The first kappa shape index (κ1) is 23.4. The van der Waals surface area contributed by atoms with Crippen molar-refractivity contribution in [2.45, 2.75) is 82.6 Å². The molecule has 1 N–H and O–H groups in total. The lowest BCUT2D eigenvalue weighted by molar-refractivity contribution is -0.00222. The molecule has 1 aromatic heterocycles. The average molecular weight is 465 g/mol. The molecule has 1 aromatic carbocycles. The summed E-state index contributed by atoms with van der Waals surface area (Å²) in [7, 11) is 2.12. The molecular weight excluding hydrogens is 424 g/mol. The number of anilines is 1. The Bertz CT molecular complexity index is 977. The van der Waals surface area contributed by atoms with Gasteiger partial charge in [-0.3, -0.25) is 14.9 Å². The van der Waals surface area contributed by atoms with Gasteiger partial charge in [-0.1, -0.05) is 45.2 Å². The van der Waals surface area contributed by atoms with E-state index in [9.17, 15) is 4.79 Å². The monoisotopic (exact) mass is 464 g/mol. The summed E-state index contributed by atoms with van der Waals surface area (Å²) >= 11 is 0. The van der Waals surface area contributed by atoms with E-state index in [0.29, 0.717) is 36.3 Å². The van der Waals surface area contributed by atoms with E-state index < -0.39 is 0 Å². The van der Waals surface area contributed by atoms with Crippen molar-refractivity contribution in [2.24, 2.45) is 13.0 Å². The maximum atomic E-state index is 12.4. The molecule has 4 heterocycles. The zero-order chi connectivity index (χ0) is 23.7. The number of carbonyl (C=O) groups is 1. The first-order valence-corrected chi connectivity index (χ1v) is 13.3. The molecule has 4 aliphatic rings. The van der Waals surface area contributed by atoms with E-state index in [2.05, 4.69) is 54.0 Å². The van der Waals surface area contributed by atoms with Crippen LogP contribution in [0.4, 0.5) is 10.5 Å². The summed E-state index contributed by atoms with van der Waals surface area (Å²) in [5.74, 6) is 2.30. The molecule has 2 aromatic rings. The van der Waals surface area contributed by atoms with Gasteiger partial charge in [0.25, 0.3) is 0 Å². The van der Waals surface area contributed by atoms with Crippen LogP contribution in [-0.2, 0) is 11.8 Å². The summed E-state index contributed by atoms with van der Waals surface area (Å²) in [4.78, 5) is 14.9. The minimum Gasteiger partial charge on any atom is -0.448 e. The summed E-state index contributed by atoms with van der Waals surface area (Å²) in [6.45, 7) is 6.93. The van der Waals surface area contributed by atoms with Gasteiger partial charge in [0, 0.05) is 42.9 Å². The fourth-order valence-corrected chi connectivity index (χ4v) is 6.37. The van der Waals surface area contributed by atoms with Crippen LogP contribution in [0, 0.1) is 5.92 Å². The highest BCUT2D eigenvalue weighted by atomic mass is 16.5. The summed E-state index contributed by atoms with van der Waals surface area (Å²) < 4.78 is 7.81. The van der Waals surface area contributed by atoms with E-state index in [-0.39, 0.29) is 6.09 Å². The normalized spacial score (nSPS) is 27.2. The molecule has 6 nitrogen and oxygen atoms in total. The fraction of sp³-hybridized carbons (Fsp3) is 0.643. The van der Waals surface area contributed by atoms with Crippen molar-refractivity contribution in [3.8, 4) is 0 Å². The van der Waals surface area contributed by atoms with Crippen molar-refractivity contribution < 1.29 is 9.53 Å². The van der Waals surface area contributed by atoms with Crippen molar-refractivity contribution in [2.75, 3.05) is 25.0 Å². The third-order valence-corrected chi connectivity index (χ3v) is 8.45. The molecule has 1 aliphatic carbocycles. The predicted octanol–water partition coefficient (Wildman–Crippen LogP) is 6.02. The van der Waals surface area contributed by atoms with Gasteiger partial charge in [0.2, 0.25) is 0 Å². The maximum Gasteiger partial charge on any atom is 0.411 e. The van der Waals surface area contributed by atoms with E-state index in [4.69, 9.17) is 9.84 Å². The molecule has 184 valence electrons. The quantitative estimate of drug-likeness (QED) is 0.568. The number of ether oxygens (including phenoxy) is 1. The Balaban J connectivity index is 1.15. The van der Waals surface area contributed by atoms with Crippen LogP contribution in [-0.4, -0.2) is 46.5 Å². The molecule has 1 amide bonds. The topological polar surface area (TPSA) is 59.4 Å². The number of nitrogens with one attached hydrogen (secondary N) is 1. The molecule has 6 heteroatoms. The van der Waals surface area contributed by atoms with Crippen molar-refractivity contribution in [1.82, 2.24) is 14.7 Å². The maximum absolute atomic E-state index is 12.4. The highest BCUT2D eigenvalue weighted by Gasteiger charge is 2.42. The predicted molar refractivity (Wildman–Crippen MR) is 135 cm³/mol. The van der Waals surface area contributed by atoms with Crippen molar-refractivity contribution in [1.29, 1.82) is 0 Å². The SMILES string of the molecule is CC(C)c1ccc(NC(=O)OC[C@H]2C[C@@H]3CCN2C[C@@H]3c2cc(C3CCCCC3)nn2C)cc1. The Morgan fingerprint density at radius 1 is 1.15 bits per heavy atom. The molecule has 1 unspecified atom stereocenters. The number of rotatable bonds is 6. The number of benzene rings is 1. The number of carbonyl (C=O) groups excluding carboxylic acids is 1. The minimum atomic E-state index is -0.361. The standard InChI is InChI=1S/C28H40N4O2/c1-19(2)20-9-11-23(12-10-20)29-28(33)34-18-24-15-22-13-14-32(24)17-25(22)27-16-26(30-31(27)3)21-7-5-4-6-8-21/h9-12,16,19,21-22,24-25H,4-8,13-15,17-18H2,1-3H3,(H,29,33)/t22-,24+,25-/m0/s1. The van der Waals surface area contributed by atoms with Crippen LogP contribution in [0.25, 0.3) is 0 Å². The first-order valence-electron chi connectivity index (χ1n) is 13.3. The Morgan fingerprint density at radius 2 is 1.91 bits per heavy atom. The smallest absolute Gasteiger partial charge is 0.411 e. The zero-order valence-corrected chi connectivity index (χ0v) is 21.0. The Morgan fingerprint density at radius 3 is 2.59 bits per heavy atom. The van der Waals surface area contributed by atoms with Gasteiger partial charge in [0.05, 0.1) is 5.69 Å². The van der Waals surface area contributed by atoms with E-state index in [1.807, 2.05) is 12.1 Å². The molecule has 0 radical (unpaired) electrons. The Labute approximate surface area is 204 Å². The number of amides is 1. The van der Waals surface area contributed by atoms with Crippen LogP contribution in [0.15, 0.2) is 30.3 Å². The van der Waals surface area contributed by atoms with Crippen LogP contribution in [0.1, 0.15) is 93.5 Å². The van der Waals surface area contributed by atoms with Gasteiger partial charge in [-0.15, -0.1) is 0 Å². The molecule has 4 atom stereocenters. The summed E-state index contributed by atoms with van der Waals surface area (Å²) in [6.07, 6.45) is 8.59. The summed E-state index contributed by atoms with van der Waals surface area (Å²) in [5.41, 5.74) is 4.76. The molecule has 3 aliphatic heterocycles. The number of piperidine rings is 3. The number of fused-ring (bicyclic) bond motifs is 3. The lowest BCUT2D eigenvalue weighted by atomic mass is 9.74. The highest BCUT2D eigenvalue weighted by molar-refractivity contribution is 5.84. The third kappa shape index (κ3) is 5.02. The zero-order valence-electron chi connectivity index (χ0n) is 21.0. The van der Waals surface area contributed by atoms with E-state index in [1.165, 1.54) is 55.5 Å². The Kier molecular flexibility index (Phi) is 6.96. The van der Waals surface area contributed by atoms with Gasteiger partial charge < -0.3 is 4.74 Å². The molecule has 0 spiro atoms. The van der Waals surface area contributed by atoms with Crippen molar-refractivity contribution in [3.05, 3.63) is 47.3 Å². The van der Waals surface area contributed by atoms with Gasteiger partial charge >= 0.3 is 6.09 Å².